The molecule has 0 saturated heterocycles. The van der Waals surface area contributed by atoms with E-state index in [9.17, 15) is 4.79 Å². The van der Waals surface area contributed by atoms with Crippen molar-refractivity contribution in [2.24, 2.45) is 11.3 Å². The molecule has 1 N–H and O–H groups in total. The highest BCUT2D eigenvalue weighted by Crippen LogP contribution is 2.11. The van der Waals surface area contributed by atoms with Gasteiger partial charge in [0.2, 0.25) is 5.91 Å². The van der Waals surface area contributed by atoms with E-state index in [1.54, 1.807) is 6.08 Å². The first-order valence-corrected chi connectivity index (χ1v) is 8.92. The molecule has 2 heteroatoms. The molecule has 0 aromatic carbocycles. The van der Waals surface area contributed by atoms with E-state index >= 15 is 0 Å². The predicted molar refractivity (Wildman–Crippen MR) is 101 cm³/mol. The molecule has 0 bridgehead atoms. The topological polar surface area (TPSA) is 29.1 Å². The summed E-state index contributed by atoms with van der Waals surface area (Å²) in [4.78, 5) is 11.4. The SMILES string of the molecule is CC(C)CNC(=O)/C=C/C=C/CCCCCCC#CC(C)(C)C. The first-order chi connectivity index (χ1) is 10.8. The third-order valence-electron chi connectivity index (χ3n) is 3.07. The minimum Gasteiger partial charge on any atom is -0.352 e. The molecule has 0 saturated carbocycles. The molecular formula is C21H35NO. The van der Waals surface area contributed by atoms with E-state index in [2.05, 4.69) is 57.9 Å². The Kier molecular flexibility index (Phi) is 12.2. The van der Waals surface area contributed by atoms with Crippen LogP contribution >= 0.6 is 0 Å². The molecular weight excluding hydrogens is 282 g/mol. The number of amides is 1. The molecule has 0 aromatic rings. The zero-order valence-electron chi connectivity index (χ0n) is 15.7. The third-order valence-corrected chi connectivity index (χ3v) is 3.07. The van der Waals surface area contributed by atoms with Gasteiger partial charge in [0.1, 0.15) is 0 Å². The Morgan fingerprint density at radius 2 is 1.78 bits per heavy atom. The maximum Gasteiger partial charge on any atom is 0.243 e. The second kappa shape index (κ2) is 13.0. The fourth-order valence-corrected chi connectivity index (χ4v) is 1.84. The fraction of sp³-hybridized carbons (Fsp3) is 0.667. The third kappa shape index (κ3) is 18.5. The Morgan fingerprint density at radius 1 is 1.09 bits per heavy atom. The Labute approximate surface area is 143 Å². The molecule has 0 atom stereocenters. The summed E-state index contributed by atoms with van der Waals surface area (Å²) >= 11 is 0. The Bertz CT molecular complexity index is 427. The van der Waals surface area contributed by atoms with Gasteiger partial charge in [-0.3, -0.25) is 4.79 Å². The van der Waals surface area contributed by atoms with Crippen LogP contribution < -0.4 is 5.32 Å². The van der Waals surface area contributed by atoms with Gasteiger partial charge < -0.3 is 5.32 Å². The quantitative estimate of drug-likeness (QED) is 0.253. The molecule has 0 rings (SSSR count). The maximum atomic E-state index is 11.4. The molecule has 0 spiro atoms. The summed E-state index contributed by atoms with van der Waals surface area (Å²) in [5.41, 5.74) is 0.129. The van der Waals surface area contributed by atoms with E-state index in [-0.39, 0.29) is 11.3 Å². The van der Waals surface area contributed by atoms with Crippen molar-refractivity contribution in [1.29, 1.82) is 0 Å². The lowest BCUT2D eigenvalue weighted by atomic mass is 9.97. The molecule has 2 nitrogen and oxygen atoms in total. The van der Waals surface area contributed by atoms with E-state index in [0.717, 1.165) is 19.4 Å². The van der Waals surface area contributed by atoms with Crippen LogP contribution in [-0.4, -0.2) is 12.5 Å². The Morgan fingerprint density at radius 3 is 2.43 bits per heavy atom. The van der Waals surface area contributed by atoms with Gasteiger partial charge in [0, 0.05) is 24.5 Å². The van der Waals surface area contributed by atoms with Crippen molar-refractivity contribution in [3.63, 3.8) is 0 Å². The molecule has 0 aliphatic rings. The normalized spacial score (nSPS) is 11.9. The van der Waals surface area contributed by atoms with Crippen LogP contribution in [0.3, 0.4) is 0 Å². The monoisotopic (exact) mass is 317 g/mol. The van der Waals surface area contributed by atoms with Crippen LogP contribution in [0.1, 0.15) is 73.1 Å². The van der Waals surface area contributed by atoms with Gasteiger partial charge >= 0.3 is 0 Å². The number of hydrogen-bond donors (Lipinski definition) is 1. The lowest BCUT2D eigenvalue weighted by Crippen LogP contribution is -2.25. The second-order valence-corrected chi connectivity index (χ2v) is 7.43. The molecule has 0 fully saturated rings. The molecule has 1 amide bonds. The van der Waals surface area contributed by atoms with Crippen molar-refractivity contribution in [2.75, 3.05) is 6.54 Å². The van der Waals surface area contributed by atoms with Gasteiger partial charge in [-0.2, -0.15) is 0 Å². The van der Waals surface area contributed by atoms with Crippen LogP contribution in [0.5, 0.6) is 0 Å². The van der Waals surface area contributed by atoms with Crippen molar-refractivity contribution < 1.29 is 4.79 Å². The van der Waals surface area contributed by atoms with Crippen LogP contribution in [0, 0.1) is 23.2 Å². The van der Waals surface area contributed by atoms with Crippen LogP contribution in [0.4, 0.5) is 0 Å². The Balaban J connectivity index is 3.54. The van der Waals surface area contributed by atoms with Gasteiger partial charge in [0.15, 0.2) is 0 Å². The smallest absolute Gasteiger partial charge is 0.243 e. The van der Waals surface area contributed by atoms with Crippen LogP contribution in [0.25, 0.3) is 0 Å². The van der Waals surface area contributed by atoms with Gasteiger partial charge in [-0.25, -0.2) is 0 Å². The lowest BCUT2D eigenvalue weighted by Gasteiger charge is -2.06. The number of rotatable bonds is 10. The summed E-state index contributed by atoms with van der Waals surface area (Å²) in [6.07, 6.45) is 14.5. The average molecular weight is 318 g/mol. The molecule has 0 radical (unpaired) electrons. The minimum absolute atomic E-state index is 0.0142. The number of carbonyl (C=O) groups excluding carboxylic acids is 1. The number of nitrogens with one attached hydrogen (secondary N) is 1. The summed E-state index contributed by atoms with van der Waals surface area (Å²) in [5.74, 6) is 7.00. The van der Waals surface area contributed by atoms with Gasteiger partial charge in [0.05, 0.1) is 0 Å². The summed E-state index contributed by atoms with van der Waals surface area (Å²) < 4.78 is 0. The van der Waals surface area contributed by atoms with Crippen LogP contribution in [-0.2, 0) is 4.79 Å². The van der Waals surface area contributed by atoms with Crippen LogP contribution in [0.2, 0.25) is 0 Å². The standard InChI is InChI=1S/C21H35NO/c1-19(2)18-22-20(23)16-14-12-10-8-6-7-9-11-13-15-17-21(3,4)5/h10,12,14,16,19H,6-9,11,13,18H2,1-5H3,(H,22,23)/b12-10+,16-14+. The minimum atomic E-state index is -0.0142. The fourth-order valence-electron chi connectivity index (χ4n) is 1.84. The maximum absolute atomic E-state index is 11.4. The Hall–Kier alpha value is -1.49. The molecule has 0 heterocycles. The number of allylic oxidation sites excluding steroid dienone is 3. The summed E-state index contributed by atoms with van der Waals surface area (Å²) in [5, 5.41) is 2.86. The molecule has 0 aliphatic carbocycles. The van der Waals surface area contributed by atoms with E-state index in [1.807, 2.05) is 12.2 Å². The first-order valence-electron chi connectivity index (χ1n) is 8.92. The summed E-state index contributed by atoms with van der Waals surface area (Å²) in [6, 6.07) is 0. The number of unbranched alkanes of at least 4 members (excludes halogenated alkanes) is 5. The van der Waals surface area contributed by atoms with E-state index < -0.39 is 0 Å². The van der Waals surface area contributed by atoms with Crippen LogP contribution in [0.15, 0.2) is 24.3 Å². The van der Waals surface area contributed by atoms with E-state index in [1.165, 1.54) is 25.7 Å². The van der Waals surface area contributed by atoms with Gasteiger partial charge in [-0.05, 0) is 46.0 Å². The summed E-state index contributed by atoms with van der Waals surface area (Å²) in [6.45, 7) is 11.3. The molecule has 130 valence electrons. The first kappa shape index (κ1) is 21.5. The van der Waals surface area contributed by atoms with Gasteiger partial charge in [-0.15, -0.1) is 5.92 Å². The number of carbonyl (C=O) groups is 1. The van der Waals surface area contributed by atoms with Crippen molar-refractivity contribution in [1.82, 2.24) is 5.32 Å². The summed E-state index contributed by atoms with van der Waals surface area (Å²) in [7, 11) is 0. The highest BCUT2D eigenvalue weighted by atomic mass is 16.1. The van der Waals surface area contributed by atoms with Crippen molar-refractivity contribution in [3.05, 3.63) is 24.3 Å². The predicted octanol–water partition coefficient (Wildman–Crippen LogP) is 5.26. The number of hydrogen-bond acceptors (Lipinski definition) is 1. The van der Waals surface area contributed by atoms with E-state index in [0.29, 0.717) is 5.92 Å². The second-order valence-electron chi connectivity index (χ2n) is 7.43. The molecule has 23 heavy (non-hydrogen) atoms. The zero-order chi connectivity index (χ0) is 17.6. The lowest BCUT2D eigenvalue weighted by molar-refractivity contribution is -0.116. The van der Waals surface area contributed by atoms with Crippen molar-refractivity contribution in [3.8, 4) is 11.8 Å². The van der Waals surface area contributed by atoms with Crippen molar-refractivity contribution >= 4 is 5.91 Å². The molecule has 0 unspecified atom stereocenters. The van der Waals surface area contributed by atoms with E-state index in [4.69, 9.17) is 0 Å². The molecule has 0 aromatic heterocycles. The molecule has 0 aliphatic heterocycles. The van der Waals surface area contributed by atoms with Gasteiger partial charge in [-0.1, -0.05) is 50.8 Å². The largest absolute Gasteiger partial charge is 0.352 e. The zero-order valence-corrected chi connectivity index (χ0v) is 15.7. The average Bonchev–Trinajstić information content (AvgIpc) is 2.45. The highest BCUT2D eigenvalue weighted by Gasteiger charge is 2.02. The van der Waals surface area contributed by atoms with Gasteiger partial charge in [0.25, 0.3) is 0 Å². The van der Waals surface area contributed by atoms with Crippen molar-refractivity contribution in [2.45, 2.75) is 73.1 Å². The highest BCUT2D eigenvalue weighted by molar-refractivity contribution is 5.87.